The van der Waals surface area contributed by atoms with Crippen molar-refractivity contribution < 1.29 is 28.9 Å². The number of hydrogen-bond acceptors (Lipinski definition) is 6. The monoisotopic (exact) mass is 487 g/mol. The third-order valence-electron chi connectivity index (χ3n) is 5.78. The van der Waals surface area contributed by atoms with Gasteiger partial charge in [0.15, 0.2) is 0 Å². The first-order chi connectivity index (χ1) is 17.3. The van der Waals surface area contributed by atoms with Gasteiger partial charge in [0.1, 0.15) is 23.0 Å². The van der Waals surface area contributed by atoms with Gasteiger partial charge in [0.05, 0.1) is 31.4 Å². The van der Waals surface area contributed by atoms with E-state index in [0.717, 1.165) is 0 Å². The maximum absolute atomic E-state index is 13.3. The summed E-state index contributed by atoms with van der Waals surface area (Å²) < 4.78 is 16.5. The van der Waals surface area contributed by atoms with Crippen molar-refractivity contribution >= 4 is 23.1 Å². The Morgan fingerprint density at radius 2 is 1.61 bits per heavy atom. The summed E-state index contributed by atoms with van der Waals surface area (Å²) in [6.07, 6.45) is -0.00148. The van der Waals surface area contributed by atoms with Gasteiger partial charge in [-0.15, -0.1) is 0 Å². The molecule has 4 rings (SSSR count). The lowest BCUT2D eigenvalue weighted by atomic mass is 9.95. The average molecular weight is 488 g/mol. The van der Waals surface area contributed by atoms with Crippen molar-refractivity contribution in [3.8, 4) is 17.2 Å². The molecule has 0 radical (unpaired) electrons. The van der Waals surface area contributed by atoms with Gasteiger partial charge in [0.2, 0.25) is 0 Å². The predicted molar refractivity (Wildman–Crippen MR) is 138 cm³/mol. The van der Waals surface area contributed by atoms with Crippen LogP contribution in [-0.4, -0.2) is 36.6 Å². The van der Waals surface area contributed by atoms with Crippen LogP contribution < -0.4 is 19.1 Å². The van der Waals surface area contributed by atoms with Crippen LogP contribution in [0, 0.1) is 0 Å². The molecule has 1 atom stereocenters. The van der Waals surface area contributed by atoms with Crippen LogP contribution in [0.3, 0.4) is 0 Å². The summed E-state index contributed by atoms with van der Waals surface area (Å²) in [5.41, 5.74) is 1.55. The molecule has 1 amide bonds. The van der Waals surface area contributed by atoms with Crippen LogP contribution >= 0.6 is 0 Å². The second-order valence-electron chi connectivity index (χ2n) is 8.56. The highest BCUT2D eigenvalue weighted by atomic mass is 16.5. The fourth-order valence-electron chi connectivity index (χ4n) is 4.21. The maximum Gasteiger partial charge on any atom is 0.300 e. The lowest BCUT2D eigenvalue weighted by Gasteiger charge is -2.26. The lowest BCUT2D eigenvalue weighted by Crippen LogP contribution is -2.29. The molecule has 1 aliphatic rings. The van der Waals surface area contributed by atoms with Gasteiger partial charge in [-0.2, -0.15) is 0 Å². The Labute approximate surface area is 210 Å². The van der Waals surface area contributed by atoms with E-state index in [1.807, 2.05) is 20.8 Å². The minimum Gasteiger partial charge on any atom is -0.507 e. The second-order valence-corrected chi connectivity index (χ2v) is 8.56. The minimum atomic E-state index is -0.845. The Hall–Kier alpha value is -4.26. The fraction of sp³-hybridized carbons (Fsp3) is 0.241. The molecule has 1 unspecified atom stereocenters. The zero-order valence-corrected chi connectivity index (χ0v) is 20.7. The van der Waals surface area contributed by atoms with Crippen molar-refractivity contribution in [1.29, 1.82) is 0 Å². The number of carbonyl (C=O) groups excluding carboxylic acids is 2. The summed E-state index contributed by atoms with van der Waals surface area (Å²) in [5.74, 6) is 0.0769. The molecule has 7 nitrogen and oxygen atoms in total. The highest BCUT2D eigenvalue weighted by Crippen LogP contribution is 2.43. The number of aliphatic hydroxyl groups is 1. The van der Waals surface area contributed by atoms with Crippen LogP contribution in [0.15, 0.2) is 78.4 Å². The quantitative estimate of drug-likeness (QED) is 0.256. The summed E-state index contributed by atoms with van der Waals surface area (Å²) in [4.78, 5) is 28.1. The summed E-state index contributed by atoms with van der Waals surface area (Å²) in [6.45, 7) is 6.26. The van der Waals surface area contributed by atoms with E-state index in [1.54, 1.807) is 72.8 Å². The molecule has 36 heavy (non-hydrogen) atoms. The van der Waals surface area contributed by atoms with E-state index in [1.165, 1.54) is 12.0 Å². The molecule has 3 aromatic carbocycles. The van der Waals surface area contributed by atoms with Crippen molar-refractivity contribution in [2.75, 3.05) is 18.6 Å². The second kappa shape index (κ2) is 10.6. The Kier molecular flexibility index (Phi) is 7.29. The normalized spacial score (nSPS) is 16.9. The maximum atomic E-state index is 13.3. The van der Waals surface area contributed by atoms with Crippen molar-refractivity contribution in [2.45, 2.75) is 32.9 Å². The van der Waals surface area contributed by atoms with E-state index < -0.39 is 17.7 Å². The number of methoxy groups -OCH3 is 1. The van der Waals surface area contributed by atoms with Crippen molar-refractivity contribution in [2.24, 2.45) is 0 Å². The van der Waals surface area contributed by atoms with Crippen LogP contribution in [0.4, 0.5) is 5.69 Å². The summed E-state index contributed by atoms with van der Waals surface area (Å²) >= 11 is 0. The Bertz CT molecular complexity index is 1280. The van der Waals surface area contributed by atoms with Crippen LogP contribution in [0.1, 0.15) is 37.9 Å². The van der Waals surface area contributed by atoms with Gasteiger partial charge in [0.25, 0.3) is 11.7 Å². The molecule has 0 aliphatic carbocycles. The fourth-order valence-corrected chi connectivity index (χ4v) is 4.21. The first-order valence-corrected chi connectivity index (χ1v) is 11.8. The number of aliphatic hydroxyl groups excluding tert-OH is 1. The molecule has 0 aromatic heterocycles. The van der Waals surface area contributed by atoms with Crippen molar-refractivity contribution in [3.63, 3.8) is 0 Å². The van der Waals surface area contributed by atoms with Crippen LogP contribution in [-0.2, 0) is 9.59 Å². The number of nitrogens with zero attached hydrogens (tertiary/aromatic N) is 1. The molecular weight excluding hydrogens is 458 g/mol. The Morgan fingerprint density at radius 1 is 0.944 bits per heavy atom. The zero-order valence-electron chi connectivity index (χ0n) is 20.7. The Morgan fingerprint density at radius 3 is 2.22 bits per heavy atom. The molecule has 3 aromatic rings. The lowest BCUT2D eigenvalue weighted by molar-refractivity contribution is -0.132. The van der Waals surface area contributed by atoms with E-state index in [0.29, 0.717) is 40.7 Å². The van der Waals surface area contributed by atoms with E-state index in [9.17, 15) is 14.7 Å². The van der Waals surface area contributed by atoms with Crippen LogP contribution in [0.25, 0.3) is 5.76 Å². The topological polar surface area (TPSA) is 85.3 Å². The summed E-state index contributed by atoms with van der Waals surface area (Å²) in [5, 5.41) is 11.3. The van der Waals surface area contributed by atoms with Crippen molar-refractivity contribution in [3.05, 3.63) is 89.5 Å². The Balaban J connectivity index is 1.86. The number of rotatable bonds is 8. The van der Waals surface area contributed by atoms with Crippen LogP contribution in [0.2, 0.25) is 0 Å². The van der Waals surface area contributed by atoms with Gasteiger partial charge in [-0.1, -0.05) is 24.3 Å². The number of amides is 1. The molecule has 0 saturated carbocycles. The number of anilines is 1. The molecule has 1 saturated heterocycles. The van der Waals surface area contributed by atoms with E-state index >= 15 is 0 Å². The third-order valence-corrected chi connectivity index (χ3v) is 5.78. The number of Topliss-reactive ketones (excluding diaryl/α,β-unsaturated/α-hetero) is 1. The average Bonchev–Trinajstić information content (AvgIpc) is 3.14. The minimum absolute atomic E-state index is 0.000310. The molecule has 1 N–H and O–H groups in total. The number of benzene rings is 3. The smallest absolute Gasteiger partial charge is 0.300 e. The molecule has 1 aliphatic heterocycles. The molecule has 1 heterocycles. The SMILES string of the molecule is CCOc1ccc(N2C(=O)C(=O)/C(=C(\O)c3cccc(OC)c3)C2c2ccc(OC(C)C)cc2)cc1. The van der Waals surface area contributed by atoms with Gasteiger partial charge in [-0.25, -0.2) is 0 Å². The molecule has 186 valence electrons. The van der Waals surface area contributed by atoms with Gasteiger partial charge < -0.3 is 19.3 Å². The number of ether oxygens (including phenoxy) is 3. The van der Waals surface area contributed by atoms with Crippen LogP contribution in [0.5, 0.6) is 17.2 Å². The molecule has 1 fully saturated rings. The van der Waals surface area contributed by atoms with Gasteiger partial charge in [-0.05, 0) is 74.9 Å². The van der Waals surface area contributed by atoms with Crippen molar-refractivity contribution in [1.82, 2.24) is 0 Å². The standard InChI is InChI=1S/C29H29NO6/c1-5-35-22-15-11-21(12-16-22)30-26(19-9-13-23(14-10-19)36-18(2)3)25(28(32)29(30)33)27(31)20-7-6-8-24(17-20)34-4/h6-18,26,31H,5H2,1-4H3/b27-25-. The highest BCUT2D eigenvalue weighted by Gasteiger charge is 2.47. The number of carbonyl (C=O) groups is 2. The highest BCUT2D eigenvalue weighted by molar-refractivity contribution is 6.51. The van der Waals surface area contributed by atoms with Gasteiger partial charge in [-0.3, -0.25) is 14.5 Å². The van der Waals surface area contributed by atoms with Gasteiger partial charge in [0, 0.05) is 11.3 Å². The largest absolute Gasteiger partial charge is 0.507 e. The first-order valence-electron chi connectivity index (χ1n) is 11.8. The van der Waals surface area contributed by atoms with E-state index in [2.05, 4.69) is 0 Å². The third kappa shape index (κ3) is 4.91. The summed E-state index contributed by atoms with van der Waals surface area (Å²) in [7, 11) is 1.52. The molecule has 0 spiro atoms. The molecular formula is C29H29NO6. The van der Waals surface area contributed by atoms with E-state index in [-0.39, 0.29) is 17.4 Å². The van der Waals surface area contributed by atoms with Gasteiger partial charge >= 0.3 is 0 Å². The van der Waals surface area contributed by atoms with E-state index in [4.69, 9.17) is 14.2 Å². The molecule has 0 bridgehead atoms. The first kappa shape index (κ1) is 24.9. The number of ketones is 1. The zero-order chi connectivity index (χ0) is 25.8. The number of hydrogen-bond donors (Lipinski definition) is 1. The summed E-state index contributed by atoms with van der Waals surface area (Å²) in [6, 6.07) is 20.0. The molecule has 7 heteroatoms. The predicted octanol–water partition coefficient (Wildman–Crippen LogP) is 5.51.